The first-order valence-electron chi connectivity index (χ1n) is 11.3. The Kier molecular flexibility index (Phi) is 4.54. The molecule has 4 N–H and O–H groups in total. The fourth-order valence-corrected chi connectivity index (χ4v) is 8.39. The number of esters is 1. The third kappa shape index (κ3) is 2.46. The largest absolute Gasteiger partial charge is 0.458 e. The Morgan fingerprint density at radius 2 is 1.83 bits per heavy atom. The quantitative estimate of drug-likeness (QED) is 0.383. The highest BCUT2D eigenvalue weighted by Crippen LogP contribution is 2.69. The van der Waals surface area contributed by atoms with E-state index < -0.39 is 40.7 Å². The first-order valence-corrected chi connectivity index (χ1v) is 11.3. The molecule has 7 nitrogen and oxygen atoms in total. The molecule has 30 heavy (non-hydrogen) atoms. The summed E-state index contributed by atoms with van der Waals surface area (Å²) in [5, 5.41) is 43.7. The maximum atomic E-state index is 12.5. The second kappa shape index (κ2) is 6.61. The highest BCUT2D eigenvalue weighted by atomic mass is 16.5. The fraction of sp³-hybridized carbons (Fsp3) is 0.826. The first kappa shape index (κ1) is 20.6. The fourth-order valence-electron chi connectivity index (χ4n) is 8.39. The van der Waals surface area contributed by atoms with Gasteiger partial charge in [0.1, 0.15) is 12.9 Å². The number of rotatable bonds is 2. The highest BCUT2D eigenvalue weighted by Gasteiger charge is 2.71. The molecule has 166 valence electrons. The molecule has 7 heteroatoms. The van der Waals surface area contributed by atoms with E-state index in [9.17, 15) is 30.0 Å². The molecule has 0 saturated heterocycles. The highest BCUT2D eigenvalue weighted by molar-refractivity contribution is 5.85. The van der Waals surface area contributed by atoms with Gasteiger partial charge in [0.25, 0.3) is 0 Å². The summed E-state index contributed by atoms with van der Waals surface area (Å²) in [7, 11) is 0. The predicted octanol–water partition coefficient (Wildman–Crippen LogP) is 0.725. The van der Waals surface area contributed by atoms with E-state index in [0.29, 0.717) is 25.7 Å². The van der Waals surface area contributed by atoms with Crippen LogP contribution in [0.3, 0.4) is 0 Å². The lowest BCUT2D eigenvalue weighted by Gasteiger charge is -2.63. The van der Waals surface area contributed by atoms with Gasteiger partial charge in [-0.1, -0.05) is 6.92 Å². The summed E-state index contributed by atoms with van der Waals surface area (Å²) in [6, 6.07) is 0. The molecule has 0 radical (unpaired) electrons. The van der Waals surface area contributed by atoms with Gasteiger partial charge in [-0.15, -0.1) is 0 Å². The molecule has 5 rings (SSSR count). The van der Waals surface area contributed by atoms with Crippen LogP contribution in [-0.4, -0.2) is 63.2 Å². The monoisotopic (exact) mass is 420 g/mol. The molecule has 4 fully saturated rings. The average Bonchev–Trinajstić information content (AvgIpc) is 3.19. The first-order chi connectivity index (χ1) is 14.2. The lowest BCUT2D eigenvalue weighted by Crippen LogP contribution is -2.64. The average molecular weight is 421 g/mol. The minimum atomic E-state index is -1.16. The maximum Gasteiger partial charge on any atom is 0.331 e. The van der Waals surface area contributed by atoms with Gasteiger partial charge in [0, 0.05) is 29.2 Å². The maximum absolute atomic E-state index is 12.5. The van der Waals surface area contributed by atoms with Crippen molar-refractivity contribution in [2.75, 3.05) is 6.61 Å². The molecule has 4 saturated carbocycles. The van der Waals surface area contributed by atoms with Crippen LogP contribution in [0.4, 0.5) is 0 Å². The Morgan fingerprint density at radius 1 is 1.07 bits per heavy atom. The van der Waals surface area contributed by atoms with E-state index in [1.807, 2.05) is 6.92 Å². The van der Waals surface area contributed by atoms with Crippen LogP contribution in [-0.2, 0) is 14.3 Å². The number of hydrogen-bond acceptors (Lipinski definition) is 7. The number of ether oxygens (including phenoxy) is 1. The molecule has 1 heterocycles. The topological polar surface area (TPSA) is 124 Å². The smallest absolute Gasteiger partial charge is 0.331 e. The minimum absolute atomic E-state index is 0.00768. The molecule has 10 unspecified atom stereocenters. The van der Waals surface area contributed by atoms with Gasteiger partial charge >= 0.3 is 5.97 Å². The summed E-state index contributed by atoms with van der Waals surface area (Å²) in [4.78, 5) is 24.1. The van der Waals surface area contributed by atoms with Crippen LogP contribution in [0.15, 0.2) is 11.6 Å². The number of fused-ring (bicyclic) bond motifs is 5. The second-order valence-corrected chi connectivity index (χ2v) is 10.7. The molecule has 10 atom stereocenters. The van der Waals surface area contributed by atoms with Crippen molar-refractivity contribution in [3.8, 4) is 0 Å². The molecule has 0 bridgehead atoms. The normalized spacial score (nSPS) is 55.2. The van der Waals surface area contributed by atoms with E-state index >= 15 is 0 Å². The van der Waals surface area contributed by atoms with Crippen LogP contribution in [0.5, 0.6) is 0 Å². The summed E-state index contributed by atoms with van der Waals surface area (Å²) >= 11 is 0. The molecule has 5 aliphatic rings. The van der Waals surface area contributed by atoms with Gasteiger partial charge in [0.15, 0.2) is 0 Å². The number of carbonyl (C=O) groups is 2. The minimum Gasteiger partial charge on any atom is -0.458 e. The van der Waals surface area contributed by atoms with Gasteiger partial charge in [-0.2, -0.15) is 0 Å². The molecular weight excluding hydrogens is 388 g/mol. The van der Waals surface area contributed by atoms with E-state index in [2.05, 4.69) is 0 Å². The van der Waals surface area contributed by atoms with Crippen molar-refractivity contribution in [1.82, 2.24) is 0 Å². The van der Waals surface area contributed by atoms with Gasteiger partial charge in [-0.3, -0.25) is 0 Å². The van der Waals surface area contributed by atoms with Crippen molar-refractivity contribution in [2.24, 2.45) is 34.5 Å². The van der Waals surface area contributed by atoms with Crippen molar-refractivity contribution in [3.63, 3.8) is 0 Å². The Labute approximate surface area is 176 Å². The summed E-state index contributed by atoms with van der Waals surface area (Å²) in [5.41, 5.74) is -1.77. The van der Waals surface area contributed by atoms with Crippen LogP contribution >= 0.6 is 0 Å². The van der Waals surface area contributed by atoms with Gasteiger partial charge in [0.2, 0.25) is 0 Å². The van der Waals surface area contributed by atoms with Crippen LogP contribution in [0.25, 0.3) is 0 Å². The molecule has 4 aliphatic carbocycles. The third-order valence-electron chi connectivity index (χ3n) is 9.77. The van der Waals surface area contributed by atoms with Crippen LogP contribution in [0, 0.1) is 34.5 Å². The van der Waals surface area contributed by atoms with Crippen molar-refractivity contribution in [1.29, 1.82) is 0 Å². The molecule has 0 spiro atoms. The number of aldehydes is 1. The van der Waals surface area contributed by atoms with E-state index in [1.54, 1.807) is 0 Å². The Bertz CT molecular complexity index is 794. The summed E-state index contributed by atoms with van der Waals surface area (Å²) < 4.78 is 5.09. The molecular formula is C23H32O7. The lowest BCUT2D eigenvalue weighted by molar-refractivity contribution is -0.216. The summed E-state index contributed by atoms with van der Waals surface area (Å²) in [6.45, 7) is 2.16. The van der Waals surface area contributed by atoms with Crippen LogP contribution in [0.2, 0.25) is 0 Å². The number of hydrogen-bond donors (Lipinski definition) is 4. The van der Waals surface area contributed by atoms with Crippen molar-refractivity contribution < 1.29 is 34.8 Å². The third-order valence-corrected chi connectivity index (χ3v) is 9.77. The number of aliphatic hydroxyl groups excluding tert-OH is 3. The van der Waals surface area contributed by atoms with E-state index in [1.165, 1.54) is 6.08 Å². The number of carbonyl (C=O) groups excluding carboxylic acids is 2. The SMILES string of the molecule is CC12CCC3C(CCC4CC(O)C(O)CC43C=O)C1(O)CC(O)C2C1=CC(=O)OC1. The van der Waals surface area contributed by atoms with Crippen molar-refractivity contribution >= 4 is 12.3 Å². The Hall–Kier alpha value is -1.28. The van der Waals surface area contributed by atoms with E-state index in [4.69, 9.17) is 4.74 Å². The zero-order valence-electron chi connectivity index (χ0n) is 17.4. The number of aliphatic hydroxyl groups is 4. The molecule has 0 aromatic carbocycles. The van der Waals surface area contributed by atoms with Gasteiger partial charge in [0.05, 0.1) is 23.9 Å². The molecule has 1 aliphatic heterocycles. The van der Waals surface area contributed by atoms with Crippen LogP contribution < -0.4 is 0 Å². The lowest BCUT2D eigenvalue weighted by atomic mass is 9.43. The van der Waals surface area contributed by atoms with Gasteiger partial charge < -0.3 is 30.0 Å². The predicted molar refractivity (Wildman–Crippen MR) is 105 cm³/mol. The Morgan fingerprint density at radius 3 is 2.50 bits per heavy atom. The summed E-state index contributed by atoms with van der Waals surface area (Å²) in [6.07, 6.45) is 3.58. The standard InChI is InChI=1S/C23H32O7/c1-21-5-4-14-15(3-2-13-7-16(25)17(26)8-22(13,14)11-24)23(21,29)9-18(27)20(21)12-6-19(28)30-10-12/h6,11,13-18,20,25-27,29H,2-5,7-10H2,1H3. The zero-order valence-corrected chi connectivity index (χ0v) is 17.4. The second-order valence-electron chi connectivity index (χ2n) is 10.7. The zero-order chi connectivity index (χ0) is 21.5. The van der Waals surface area contributed by atoms with Crippen LogP contribution in [0.1, 0.15) is 51.9 Å². The van der Waals surface area contributed by atoms with E-state index in [-0.39, 0.29) is 43.1 Å². The number of cyclic esters (lactones) is 1. The van der Waals surface area contributed by atoms with E-state index in [0.717, 1.165) is 18.3 Å². The van der Waals surface area contributed by atoms with Gasteiger partial charge in [-0.25, -0.2) is 4.79 Å². The summed E-state index contributed by atoms with van der Waals surface area (Å²) in [5.74, 6) is -0.999. The van der Waals surface area contributed by atoms with Gasteiger partial charge in [-0.05, 0) is 61.9 Å². The van der Waals surface area contributed by atoms with Crippen molar-refractivity contribution in [3.05, 3.63) is 11.6 Å². The Balaban J connectivity index is 1.53. The molecule has 0 aromatic heterocycles. The molecule has 0 aromatic rings. The molecule has 0 amide bonds. The van der Waals surface area contributed by atoms with Crippen molar-refractivity contribution in [2.45, 2.75) is 75.8 Å².